The molecule has 2 aliphatic rings. The van der Waals surface area contributed by atoms with E-state index in [9.17, 15) is 14.7 Å². The van der Waals surface area contributed by atoms with Crippen molar-refractivity contribution in [3.8, 4) is 0 Å². The Balaban J connectivity index is 1.55. The van der Waals surface area contributed by atoms with Crippen molar-refractivity contribution in [2.75, 3.05) is 25.0 Å². The number of likely N-dealkylation sites (tertiary alicyclic amines) is 1. The summed E-state index contributed by atoms with van der Waals surface area (Å²) in [5, 5.41) is 12.3. The Hall–Kier alpha value is -2.78. The molecule has 2 aromatic rings. The minimum atomic E-state index is -0.900. The molecule has 4 rings (SSSR count). The van der Waals surface area contributed by atoms with Gasteiger partial charge in [-0.25, -0.2) is 0 Å². The number of aliphatic hydroxyl groups is 1. The number of hydrogen-bond acceptors (Lipinski definition) is 7. The van der Waals surface area contributed by atoms with Gasteiger partial charge in [-0.3, -0.25) is 9.59 Å². The van der Waals surface area contributed by atoms with E-state index in [2.05, 4.69) is 17.1 Å². The Kier molecular flexibility index (Phi) is 10.5. The van der Waals surface area contributed by atoms with Gasteiger partial charge in [0.25, 0.3) is 5.91 Å². The van der Waals surface area contributed by atoms with E-state index in [0.717, 1.165) is 36.3 Å². The number of ether oxygens (including phenoxy) is 3. The van der Waals surface area contributed by atoms with E-state index in [4.69, 9.17) is 14.2 Å². The molecule has 2 N–H and O–H groups in total. The summed E-state index contributed by atoms with van der Waals surface area (Å²) in [4.78, 5) is 26.3. The Morgan fingerprint density at radius 3 is 2.38 bits per heavy atom. The lowest BCUT2D eigenvalue weighted by Gasteiger charge is -2.43. The van der Waals surface area contributed by atoms with Crippen LogP contribution in [0.4, 0.5) is 5.69 Å². The number of aliphatic hydroxyl groups excluding tert-OH is 1. The summed E-state index contributed by atoms with van der Waals surface area (Å²) in [6.45, 7) is 7.99. The third kappa shape index (κ3) is 8.11. The van der Waals surface area contributed by atoms with Crippen LogP contribution in [0.1, 0.15) is 82.0 Å². The van der Waals surface area contributed by atoms with E-state index < -0.39 is 24.3 Å². The number of esters is 1. The first-order chi connectivity index (χ1) is 18.8. The molecule has 2 saturated heterocycles. The van der Waals surface area contributed by atoms with Gasteiger partial charge in [0, 0.05) is 30.6 Å². The molecule has 1 unspecified atom stereocenters. The Morgan fingerprint density at radius 1 is 1.03 bits per heavy atom. The van der Waals surface area contributed by atoms with E-state index in [1.807, 2.05) is 42.5 Å². The number of rotatable bonds is 8. The number of benzene rings is 2. The predicted octanol–water partition coefficient (Wildman–Crippen LogP) is 5.13. The molecule has 8 heteroatoms. The van der Waals surface area contributed by atoms with E-state index in [1.165, 1.54) is 46.0 Å². The molecule has 39 heavy (non-hydrogen) atoms. The summed E-state index contributed by atoms with van der Waals surface area (Å²) in [5.74, 6) is -0.800. The second-order valence-electron chi connectivity index (χ2n) is 10.8. The van der Waals surface area contributed by atoms with Crippen LogP contribution in [0.15, 0.2) is 48.5 Å². The zero-order chi connectivity index (χ0) is 27.8. The smallest absolute Gasteiger partial charge is 0.303 e. The third-order valence-corrected chi connectivity index (χ3v) is 7.65. The van der Waals surface area contributed by atoms with Crippen LogP contribution >= 0.6 is 0 Å². The predicted molar refractivity (Wildman–Crippen MR) is 149 cm³/mol. The molecule has 212 valence electrons. The number of hydrogen-bond donors (Lipinski definition) is 2. The number of nitrogens with one attached hydrogen (secondary N) is 1. The lowest BCUT2D eigenvalue weighted by molar-refractivity contribution is -0.276. The number of carbonyl (C=O) groups is 2. The Labute approximate surface area is 231 Å². The largest absolute Gasteiger partial charge is 0.453 e. The summed E-state index contributed by atoms with van der Waals surface area (Å²) in [6.07, 6.45) is 4.52. The van der Waals surface area contributed by atoms with Crippen molar-refractivity contribution in [2.45, 2.75) is 84.1 Å². The van der Waals surface area contributed by atoms with E-state index in [-0.39, 0.29) is 24.7 Å². The van der Waals surface area contributed by atoms with E-state index in [1.54, 1.807) is 6.07 Å². The first-order valence-electron chi connectivity index (χ1n) is 14.1. The summed E-state index contributed by atoms with van der Waals surface area (Å²) in [7, 11) is 0. The maximum Gasteiger partial charge on any atom is 0.303 e. The number of amides is 1. The second-order valence-corrected chi connectivity index (χ2v) is 10.8. The molecule has 2 fully saturated rings. The van der Waals surface area contributed by atoms with Gasteiger partial charge in [0.2, 0.25) is 0 Å². The molecule has 8 nitrogen and oxygen atoms in total. The molecule has 0 aliphatic carbocycles. The van der Waals surface area contributed by atoms with Crippen LogP contribution in [-0.4, -0.2) is 53.7 Å². The van der Waals surface area contributed by atoms with Crippen LogP contribution in [0, 0.1) is 5.92 Å². The lowest BCUT2D eigenvalue weighted by atomic mass is 9.89. The van der Waals surface area contributed by atoms with Crippen LogP contribution in [0.2, 0.25) is 0 Å². The second kappa shape index (κ2) is 14.0. The van der Waals surface area contributed by atoms with Gasteiger partial charge in [0.15, 0.2) is 12.4 Å². The standard InChI is InChI=1S/C31H42N2O6/c1-21-28(19-33-16-7-5-4-6-8-17-33)38-31(39-29(21)25-14-12-24(20-34)13-15-25)26-10-9-11-27(18-26)32-30(36)22(2)37-23(3)35/h9-15,18,21-22,28-29,31,34H,4-8,16-17,19-20H2,1-3H3,(H,32,36)/t21-,22-,28+,29+,31?/m0/s1. The highest BCUT2D eigenvalue weighted by molar-refractivity contribution is 5.95. The monoisotopic (exact) mass is 538 g/mol. The Morgan fingerprint density at radius 2 is 1.72 bits per heavy atom. The van der Waals surface area contributed by atoms with Gasteiger partial charge in [0.05, 0.1) is 18.8 Å². The molecule has 1 amide bonds. The third-order valence-electron chi connectivity index (χ3n) is 7.65. The molecule has 0 bridgehead atoms. The molecule has 2 aliphatic heterocycles. The molecule has 0 saturated carbocycles. The van der Waals surface area contributed by atoms with Crippen LogP contribution < -0.4 is 5.32 Å². The topological polar surface area (TPSA) is 97.3 Å². The molecule has 0 spiro atoms. The fourth-order valence-corrected chi connectivity index (χ4v) is 5.39. The lowest BCUT2D eigenvalue weighted by Crippen LogP contribution is -2.45. The highest BCUT2D eigenvalue weighted by atomic mass is 16.7. The van der Waals surface area contributed by atoms with Gasteiger partial charge < -0.3 is 29.5 Å². The van der Waals surface area contributed by atoms with Crippen LogP contribution in [-0.2, 0) is 30.4 Å². The van der Waals surface area contributed by atoms with Crippen molar-refractivity contribution in [3.05, 3.63) is 65.2 Å². The quantitative estimate of drug-likeness (QED) is 0.450. The number of nitrogens with zero attached hydrogens (tertiary/aromatic N) is 1. The van der Waals surface area contributed by atoms with Crippen LogP contribution in [0.25, 0.3) is 0 Å². The first kappa shape index (κ1) is 29.2. The van der Waals surface area contributed by atoms with Crippen molar-refractivity contribution < 1.29 is 28.9 Å². The van der Waals surface area contributed by atoms with Gasteiger partial charge in [-0.15, -0.1) is 0 Å². The average Bonchev–Trinajstić information content (AvgIpc) is 2.91. The van der Waals surface area contributed by atoms with Crippen molar-refractivity contribution in [1.82, 2.24) is 4.90 Å². The molecule has 0 aromatic heterocycles. The van der Waals surface area contributed by atoms with Crippen LogP contribution in [0.3, 0.4) is 0 Å². The fraction of sp³-hybridized carbons (Fsp3) is 0.548. The number of anilines is 1. The zero-order valence-electron chi connectivity index (χ0n) is 23.3. The summed E-state index contributed by atoms with van der Waals surface area (Å²) in [6, 6.07) is 15.3. The van der Waals surface area contributed by atoms with Gasteiger partial charge >= 0.3 is 5.97 Å². The van der Waals surface area contributed by atoms with Gasteiger partial charge in [-0.1, -0.05) is 62.6 Å². The van der Waals surface area contributed by atoms with Gasteiger partial charge in [-0.05, 0) is 56.1 Å². The summed E-state index contributed by atoms with van der Waals surface area (Å²) >= 11 is 0. The van der Waals surface area contributed by atoms with Crippen molar-refractivity contribution in [1.29, 1.82) is 0 Å². The van der Waals surface area contributed by atoms with E-state index in [0.29, 0.717) is 5.69 Å². The summed E-state index contributed by atoms with van der Waals surface area (Å²) in [5.41, 5.74) is 3.28. The van der Waals surface area contributed by atoms with Crippen molar-refractivity contribution in [2.24, 2.45) is 5.92 Å². The van der Waals surface area contributed by atoms with E-state index >= 15 is 0 Å². The highest BCUT2D eigenvalue weighted by Crippen LogP contribution is 2.42. The van der Waals surface area contributed by atoms with Gasteiger partial charge in [0.1, 0.15) is 0 Å². The SMILES string of the molecule is CC(=O)O[C@@H](C)C(=O)Nc1cccc(C2O[C@H](CN3CCCCCCC3)[C@H](C)[C@H](c3ccc(CO)cc3)O2)c1. The van der Waals surface area contributed by atoms with Crippen LogP contribution in [0.5, 0.6) is 0 Å². The Bertz CT molecular complexity index is 1080. The number of carbonyl (C=O) groups excluding carboxylic acids is 2. The van der Waals surface area contributed by atoms with Crippen molar-refractivity contribution in [3.63, 3.8) is 0 Å². The van der Waals surface area contributed by atoms with Crippen molar-refractivity contribution >= 4 is 17.6 Å². The zero-order valence-corrected chi connectivity index (χ0v) is 23.3. The molecule has 0 radical (unpaired) electrons. The molecular formula is C31H42N2O6. The molecule has 2 heterocycles. The maximum absolute atomic E-state index is 12.5. The van der Waals surface area contributed by atoms with Gasteiger partial charge in [-0.2, -0.15) is 0 Å². The minimum Gasteiger partial charge on any atom is -0.453 e. The fourth-order valence-electron chi connectivity index (χ4n) is 5.39. The highest BCUT2D eigenvalue weighted by Gasteiger charge is 2.39. The summed E-state index contributed by atoms with van der Waals surface area (Å²) < 4.78 is 18.2. The molecule has 2 aromatic carbocycles. The minimum absolute atomic E-state index is 0.000730. The average molecular weight is 539 g/mol. The maximum atomic E-state index is 12.5. The normalized spacial score (nSPS) is 25.2. The molecular weight excluding hydrogens is 496 g/mol. The molecule has 5 atom stereocenters. The first-order valence-corrected chi connectivity index (χ1v) is 14.1.